The lowest BCUT2D eigenvalue weighted by atomic mass is 10.3. The molecule has 2 rings (SSSR count). The summed E-state index contributed by atoms with van der Waals surface area (Å²) < 4.78 is 12.3. The largest absolute Gasteiger partial charge is 0.483 e. The SMILES string of the molecule is Cc1ccc(/C=N/NC(=O)COc2ccc(Br)cc2Br)o1. The van der Waals surface area contributed by atoms with Crippen molar-refractivity contribution in [3.8, 4) is 5.75 Å². The van der Waals surface area contributed by atoms with Gasteiger partial charge in [0.15, 0.2) is 6.61 Å². The summed E-state index contributed by atoms with van der Waals surface area (Å²) in [7, 11) is 0. The van der Waals surface area contributed by atoms with Crippen molar-refractivity contribution in [2.45, 2.75) is 6.92 Å². The van der Waals surface area contributed by atoms with Gasteiger partial charge in [-0.15, -0.1) is 0 Å². The monoisotopic (exact) mass is 414 g/mol. The van der Waals surface area contributed by atoms with Crippen LogP contribution in [0.4, 0.5) is 0 Å². The van der Waals surface area contributed by atoms with E-state index in [9.17, 15) is 4.79 Å². The number of carbonyl (C=O) groups is 1. The number of aryl methyl sites for hydroxylation is 1. The maximum Gasteiger partial charge on any atom is 0.277 e. The summed E-state index contributed by atoms with van der Waals surface area (Å²) in [4.78, 5) is 11.6. The molecule has 0 bridgehead atoms. The maximum absolute atomic E-state index is 11.6. The first-order valence-corrected chi connectivity index (χ1v) is 7.59. The highest BCUT2D eigenvalue weighted by atomic mass is 79.9. The lowest BCUT2D eigenvalue weighted by molar-refractivity contribution is -0.123. The molecule has 21 heavy (non-hydrogen) atoms. The molecule has 0 aliphatic heterocycles. The van der Waals surface area contributed by atoms with E-state index < -0.39 is 0 Å². The van der Waals surface area contributed by atoms with E-state index in [0.717, 1.165) is 14.7 Å². The van der Waals surface area contributed by atoms with Gasteiger partial charge in [-0.05, 0) is 53.2 Å². The lowest BCUT2D eigenvalue weighted by Crippen LogP contribution is -2.24. The summed E-state index contributed by atoms with van der Waals surface area (Å²) in [6.45, 7) is 1.70. The number of halogens is 2. The molecule has 5 nitrogen and oxygen atoms in total. The van der Waals surface area contributed by atoms with E-state index in [1.54, 1.807) is 12.1 Å². The number of hydrogen-bond acceptors (Lipinski definition) is 4. The Kier molecular flexibility index (Phi) is 5.58. The van der Waals surface area contributed by atoms with Crippen molar-refractivity contribution >= 4 is 44.0 Å². The topological polar surface area (TPSA) is 63.8 Å². The molecule has 1 N–H and O–H groups in total. The molecule has 0 saturated carbocycles. The average molecular weight is 416 g/mol. The highest BCUT2D eigenvalue weighted by Crippen LogP contribution is 2.27. The number of amides is 1. The fourth-order valence-corrected chi connectivity index (χ4v) is 2.62. The summed E-state index contributed by atoms with van der Waals surface area (Å²) in [5, 5.41) is 3.79. The normalized spacial score (nSPS) is 10.8. The van der Waals surface area contributed by atoms with E-state index in [2.05, 4.69) is 42.4 Å². The van der Waals surface area contributed by atoms with Crippen molar-refractivity contribution in [3.05, 3.63) is 50.8 Å². The number of rotatable bonds is 5. The molecule has 7 heteroatoms. The van der Waals surface area contributed by atoms with E-state index in [4.69, 9.17) is 9.15 Å². The molecular formula is C14H12Br2N2O3. The quantitative estimate of drug-likeness (QED) is 0.598. The second kappa shape index (κ2) is 7.42. The number of benzene rings is 1. The molecule has 0 spiro atoms. The Balaban J connectivity index is 1.81. The van der Waals surface area contributed by atoms with Crippen molar-refractivity contribution in [2.24, 2.45) is 5.10 Å². The molecule has 0 atom stereocenters. The minimum Gasteiger partial charge on any atom is -0.483 e. The standard InChI is InChI=1S/C14H12Br2N2O3/c1-9-2-4-11(21-9)7-17-18-14(19)8-20-13-5-3-10(15)6-12(13)16/h2-7H,8H2,1H3,(H,18,19)/b17-7+. The molecule has 0 unspecified atom stereocenters. The molecule has 1 amide bonds. The van der Waals surface area contributed by atoms with Crippen LogP contribution < -0.4 is 10.2 Å². The smallest absolute Gasteiger partial charge is 0.277 e. The Hall–Kier alpha value is -1.60. The van der Waals surface area contributed by atoms with Gasteiger partial charge in [0, 0.05) is 4.47 Å². The molecule has 0 aliphatic rings. The van der Waals surface area contributed by atoms with Gasteiger partial charge in [0.05, 0.1) is 10.7 Å². The zero-order chi connectivity index (χ0) is 15.2. The number of hydrogen-bond donors (Lipinski definition) is 1. The summed E-state index contributed by atoms with van der Waals surface area (Å²) in [6.07, 6.45) is 1.43. The Morgan fingerprint density at radius 1 is 1.38 bits per heavy atom. The van der Waals surface area contributed by atoms with Crippen LogP contribution in [0.3, 0.4) is 0 Å². The number of ether oxygens (including phenoxy) is 1. The van der Waals surface area contributed by atoms with Crippen LogP contribution in [0.25, 0.3) is 0 Å². The molecule has 2 aromatic rings. The highest BCUT2D eigenvalue weighted by Gasteiger charge is 2.05. The zero-order valence-electron chi connectivity index (χ0n) is 11.1. The van der Waals surface area contributed by atoms with Crippen LogP contribution >= 0.6 is 31.9 Å². The van der Waals surface area contributed by atoms with Crippen LogP contribution in [0.15, 0.2) is 48.8 Å². The molecule has 0 aliphatic carbocycles. The first-order chi connectivity index (χ1) is 10.0. The Labute approximate surface area is 138 Å². The van der Waals surface area contributed by atoms with Gasteiger partial charge < -0.3 is 9.15 Å². The first kappa shape index (κ1) is 15.8. The van der Waals surface area contributed by atoms with Crippen LogP contribution in [0, 0.1) is 6.92 Å². The second-order valence-electron chi connectivity index (χ2n) is 4.11. The number of hydrazone groups is 1. The molecular weight excluding hydrogens is 404 g/mol. The summed E-state index contributed by atoms with van der Waals surface area (Å²) in [5.74, 6) is 1.58. The third-order valence-corrected chi connectivity index (χ3v) is 3.51. The molecule has 1 aromatic carbocycles. The minimum atomic E-state index is -0.357. The highest BCUT2D eigenvalue weighted by molar-refractivity contribution is 9.11. The van der Waals surface area contributed by atoms with Crippen molar-refractivity contribution in [2.75, 3.05) is 6.61 Å². The third-order valence-electron chi connectivity index (χ3n) is 2.39. The van der Waals surface area contributed by atoms with Gasteiger partial charge in [0.25, 0.3) is 5.91 Å². The zero-order valence-corrected chi connectivity index (χ0v) is 14.3. The van der Waals surface area contributed by atoms with Crippen LogP contribution in [-0.2, 0) is 4.79 Å². The summed E-state index contributed by atoms with van der Waals surface area (Å²) in [5.41, 5.74) is 2.36. The van der Waals surface area contributed by atoms with Crippen molar-refractivity contribution in [3.63, 3.8) is 0 Å². The third kappa shape index (κ3) is 5.02. The van der Waals surface area contributed by atoms with Crippen LogP contribution in [-0.4, -0.2) is 18.7 Å². The molecule has 1 aromatic heterocycles. The van der Waals surface area contributed by atoms with Gasteiger partial charge in [-0.1, -0.05) is 15.9 Å². The predicted molar refractivity (Wildman–Crippen MR) is 86.5 cm³/mol. The number of nitrogens with one attached hydrogen (secondary N) is 1. The molecule has 0 fully saturated rings. The second-order valence-corrected chi connectivity index (χ2v) is 5.88. The molecule has 0 saturated heterocycles. The number of furan rings is 1. The Morgan fingerprint density at radius 2 is 2.19 bits per heavy atom. The van der Waals surface area contributed by atoms with E-state index >= 15 is 0 Å². The first-order valence-electron chi connectivity index (χ1n) is 6.01. The van der Waals surface area contributed by atoms with Crippen molar-refractivity contribution < 1.29 is 13.9 Å². The van der Waals surface area contributed by atoms with Gasteiger partial charge >= 0.3 is 0 Å². The van der Waals surface area contributed by atoms with Crippen LogP contribution in [0.5, 0.6) is 5.75 Å². The van der Waals surface area contributed by atoms with Gasteiger partial charge in [-0.3, -0.25) is 4.79 Å². The van der Waals surface area contributed by atoms with E-state index in [1.165, 1.54) is 6.21 Å². The number of carbonyl (C=O) groups excluding carboxylic acids is 1. The fraction of sp³-hybridized carbons (Fsp3) is 0.143. The summed E-state index contributed by atoms with van der Waals surface area (Å²) >= 11 is 6.70. The number of nitrogens with zero attached hydrogens (tertiary/aromatic N) is 1. The van der Waals surface area contributed by atoms with E-state index in [1.807, 2.05) is 25.1 Å². The van der Waals surface area contributed by atoms with Crippen molar-refractivity contribution in [1.82, 2.24) is 5.43 Å². The van der Waals surface area contributed by atoms with Gasteiger partial charge in [0.1, 0.15) is 17.3 Å². The minimum absolute atomic E-state index is 0.130. The Bertz CT molecular complexity index is 668. The molecule has 110 valence electrons. The maximum atomic E-state index is 11.6. The van der Waals surface area contributed by atoms with Gasteiger partial charge in [-0.2, -0.15) is 5.10 Å². The van der Waals surface area contributed by atoms with Crippen molar-refractivity contribution in [1.29, 1.82) is 0 Å². The molecule has 0 radical (unpaired) electrons. The lowest BCUT2D eigenvalue weighted by Gasteiger charge is -2.07. The Morgan fingerprint density at radius 3 is 2.86 bits per heavy atom. The van der Waals surface area contributed by atoms with Crippen LogP contribution in [0.2, 0.25) is 0 Å². The fourth-order valence-electron chi connectivity index (χ4n) is 1.46. The summed E-state index contributed by atoms with van der Waals surface area (Å²) in [6, 6.07) is 9.01. The van der Waals surface area contributed by atoms with E-state index in [0.29, 0.717) is 11.5 Å². The van der Waals surface area contributed by atoms with Gasteiger partial charge in [0.2, 0.25) is 0 Å². The predicted octanol–water partition coefficient (Wildman–Crippen LogP) is 3.64. The average Bonchev–Trinajstić information content (AvgIpc) is 2.83. The van der Waals surface area contributed by atoms with E-state index in [-0.39, 0.29) is 12.5 Å². The van der Waals surface area contributed by atoms with Crippen LogP contribution in [0.1, 0.15) is 11.5 Å². The molecule has 1 heterocycles. The van der Waals surface area contributed by atoms with Gasteiger partial charge in [-0.25, -0.2) is 5.43 Å².